The first-order valence-corrected chi connectivity index (χ1v) is 6.68. The van der Waals surface area contributed by atoms with Gasteiger partial charge in [0.2, 0.25) is 5.91 Å². The van der Waals surface area contributed by atoms with E-state index in [1.807, 2.05) is 49.4 Å². The number of amides is 1. The Morgan fingerprint density at radius 1 is 1.15 bits per heavy atom. The van der Waals surface area contributed by atoms with Gasteiger partial charge in [-0.05, 0) is 25.5 Å². The van der Waals surface area contributed by atoms with Crippen LogP contribution in [0.15, 0.2) is 48.5 Å². The molecule has 2 aromatic carbocycles. The Bertz CT molecular complexity index is 588. The second-order valence-electron chi connectivity index (χ2n) is 4.97. The number of carbonyl (C=O) groups is 1. The fourth-order valence-electron chi connectivity index (χ4n) is 2.06. The molecule has 2 rings (SSSR count). The van der Waals surface area contributed by atoms with Crippen LogP contribution in [-0.2, 0) is 11.2 Å². The lowest BCUT2D eigenvalue weighted by Crippen LogP contribution is -2.16. The SMILES string of the molecule is Cc1ccc(CC(=O)Nc2ccccc2C(C)O)cc1. The van der Waals surface area contributed by atoms with Crippen molar-refractivity contribution in [1.29, 1.82) is 0 Å². The van der Waals surface area contributed by atoms with E-state index in [-0.39, 0.29) is 5.91 Å². The number of benzene rings is 2. The number of hydrogen-bond acceptors (Lipinski definition) is 2. The lowest BCUT2D eigenvalue weighted by atomic mass is 10.1. The molecule has 0 aliphatic heterocycles. The first kappa shape index (κ1) is 14.3. The van der Waals surface area contributed by atoms with E-state index in [2.05, 4.69) is 5.32 Å². The Kier molecular flexibility index (Phi) is 4.53. The fraction of sp³-hybridized carbons (Fsp3) is 0.235. The zero-order chi connectivity index (χ0) is 14.5. The Morgan fingerprint density at radius 2 is 1.80 bits per heavy atom. The molecule has 0 aliphatic carbocycles. The van der Waals surface area contributed by atoms with Crippen molar-refractivity contribution in [3.63, 3.8) is 0 Å². The van der Waals surface area contributed by atoms with E-state index in [0.717, 1.165) is 11.1 Å². The molecule has 1 amide bonds. The van der Waals surface area contributed by atoms with Gasteiger partial charge in [0.15, 0.2) is 0 Å². The van der Waals surface area contributed by atoms with Crippen molar-refractivity contribution in [3.05, 3.63) is 65.2 Å². The summed E-state index contributed by atoms with van der Waals surface area (Å²) in [6, 6.07) is 15.2. The first-order valence-electron chi connectivity index (χ1n) is 6.68. The highest BCUT2D eigenvalue weighted by molar-refractivity contribution is 5.93. The minimum Gasteiger partial charge on any atom is -0.389 e. The predicted octanol–water partition coefficient (Wildman–Crippen LogP) is 3.23. The molecule has 1 atom stereocenters. The van der Waals surface area contributed by atoms with Crippen LogP contribution in [0.3, 0.4) is 0 Å². The topological polar surface area (TPSA) is 49.3 Å². The van der Waals surface area contributed by atoms with Gasteiger partial charge in [0.25, 0.3) is 0 Å². The third-order valence-corrected chi connectivity index (χ3v) is 3.17. The molecule has 0 aromatic heterocycles. The summed E-state index contributed by atoms with van der Waals surface area (Å²) < 4.78 is 0. The summed E-state index contributed by atoms with van der Waals surface area (Å²) in [6.45, 7) is 3.70. The molecule has 0 radical (unpaired) electrons. The molecule has 0 spiro atoms. The van der Waals surface area contributed by atoms with Crippen molar-refractivity contribution in [3.8, 4) is 0 Å². The standard InChI is InChI=1S/C17H19NO2/c1-12-7-9-14(10-8-12)11-17(20)18-16-6-4-3-5-15(16)13(2)19/h3-10,13,19H,11H2,1-2H3,(H,18,20). The molecule has 2 N–H and O–H groups in total. The maximum atomic E-state index is 12.0. The molecule has 20 heavy (non-hydrogen) atoms. The van der Waals surface area contributed by atoms with Crippen LogP contribution in [0.5, 0.6) is 0 Å². The van der Waals surface area contributed by atoms with Crippen molar-refractivity contribution < 1.29 is 9.90 Å². The molecule has 0 bridgehead atoms. The minimum atomic E-state index is -0.606. The van der Waals surface area contributed by atoms with Gasteiger partial charge < -0.3 is 10.4 Å². The van der Waals surface area contributed by atoms with Crippen molar-refractivity contribution in [1.82, 2.24) is 0 Å². The zero-order valence-corrected chi connectivity index (χ0v) is 11.8. The van der Waals surface area contributed by atoms with Gasteiger partial charge in [0.1, 0.15) is 0 Å². The second-order valence-corrected chi connectivity index (χ2v) is 4.97. The molecule has 0 heterocycles. The van der Waals surface area contributed by atoms with Gasteiger partial charge in [0, 0.05) is 11.3 Å². The van der Waals surface area contributed by atoms with Gasteiger partial charge in [-0.3, -0.25) is 4.79 Å². The summed E-state index contributed by atoms with van der Waals surface area (Å²) in [5.74, 6) is -0.0815. The fourth-order valence-corrected chi connectivity index (χ4v) is 2.06. The van der Waals surface area contributed by atoms with Crippen LogP contribution in [0.1, 0.15) is 29.7 Å². The molecule has 0 aliphatic rings. The van der Waals surface area contributed by atoms with Crippen LogP contribution in [-0.4, -0.2) is 11.0 Å². The summed E-state index contributed by atoms with van der Waals surface area (Å²) in [5.41, 5.74) is 3.54. The van der Waals surface area contributed by atoms with Crippen LogP contribution < -0.4 is 5.32 Å². The second kappa shape index (κ2) is 6.35. The van der Waals surface area contributed by atoms with Crippen LogP contribution in [0.2, 0.25) is 0 Å². The van der Waals surface area contributed by atoms with Gasteiger partial charge >= 0.3 is 0 Å². The molecule has 0 saturated heterocycles. The van der Waals surface area contributed by atoms with E-state index in [0.29, 0.717) is 12.1 Å². The molecular weight excluding hydrogens is 250 g/mol. The number of carbonyl (C=O) groups excluding carboxylic acids is 1. The van der Waals surface area contributed by atoms with Gasteiger partial charge in [-0.1, -0.05) is 48.0 Å². The average molecular weight is 269 g/mol. The highest BCUT2D eigenvalue weighted by atomic mass is 16.3. The Hall–Kier alpha value is -2.13. The van der Waals surface area contributed by atoms with Crippen LogP contribution >= 0.6 is 0 Å². The zero-order valence-electron chi connectivity index (χ0n) is 11.8. The van der Waals surface area contributed by atoms with Gasteiger partial charge in [-0.25, -0.2) is 0 Å². The Morgan fingerprint density at radius 3 is 2.45 bits per heavy atom. The summed E-state index contributed by atoms with van der Waals surface area (Å²) >= 11 is 0. The van der Waals surface area contributed by atoms with E-state index in [4.69, 9.17) is 0 Å². The monoisotopic (exact) mass is 269 g/mol. The third-order valence-electron chi connectivity index (χ3n) is 3.17. The van der Waals surface area contributed by atoms with Crippen LogP contribution in [0, 0.1) is 6.92 Å². The van der Waals surface area contributed by atoms with Crippen LogP contribution in [0.4, 0.5) is 5.69 Å². The maximum absolute atomic E-state index is 12.0. The number of para-hydroxylation sites is 1. The van der Waals surface area contributed by atoms with E-state index in [1.165, 1.54) is 5.56 Å². The Labute approximate surface area is 119 Å². The van der Waals surface area contributed by atoms with E-state index in [1.54, 1.807) is 13.0 Å². The Balaban J connectivity index is 2.07. The molecule has 1 unspecified atom stereocenters. The number of hydrogen-bond donors (Lipinski definition) is 2. The molecule has 0 fully saturated rings. The van der Waals surface area contributed by atoms with Crippen molar-refractivity contribution in [2.75, 3.05) is 5.32 Å². The molecular formula is C17H19NO2. The minimum absolute atomic E-state index is 0.0815. The van der Waals surface area contributed by atoms with Crippen LogP contribution in [0.25, 0.3) is 0 Å². The lowest BCUT2D eigenvalue weighted by Gasteiger charge is -2.13. The van der Waals surface area contributed by atoms with E-state index in [9.17, 15) is 9.90 Å². The predicted molar refractivity (Wildman–Crippen MR) is 80.6 cm³/mol. The smallest absolute Gasteiger partial charge is 0.228 e. The number of anilines is 1. The molecule has 3 nitrogen and oxygen atoms in total. The molecule has 104 valence electrons. The van der Waals surface area contributed by atoms with Gasteiger partial charge in [-0.15, -0.1) is 0 Å². The summed E-state index contributed by atoms with van der Waals surface area (Å²) in [4.78, 5) is 12.0. The number of aliphatic hydroxyl groups is 1. The number of nitrogens with one attached hydrogen (secondary N) is 1. The largest absolute Gasteiger partial charge is 0.389 e. The molecule has 0 saturated carbocycles. The maximum Gasteiger partial charge on any atom is 0.228 e. The van der Waals surface area contributed by atoms with Gasteiger partial charge in [0.05, 0.1) is 12.5 Å². The van der Waals surface area contributed by atoms with Gasteiger partial charge in [-0.2, -0.15) is 0 Å². The normalized spacial score (nSPS) is 11.9. The summed E-state index contributed by atoms with van der Waals surface area (Å²) in [7, 11) is 0. The van der Waals surface area contributed by atoms with E-state index < -0.39 is 6.10 Å². The third kappa shape index (κ3) is 3.68. The average Bonchev–Trinajstić information content (AvgIpc) is 2.41. The highest BCUT2D eigenvalue weighted by Crippen LogP contribution is 2.22. The highest BCUT2D eigenvalue weighted by Gasteiger charge is 2.10. The quantitative estimate of drug-likeness (QED) is 0.895. The lowest BCUT2D eigenvalue weighted by molar-refractivity contribution is -0.115. The number of aliphatic hydroxyl groups excluding tert-OH is 1. The first-order chi connectivity index (χ1) is 9.56. The summed E-state index contributed by atoms with van der Waals surface area (Å²) in [5, 5.41) is 12.5. The number of aryl methyl sites for hydroxylation is 1. The summed E-state index contributed by atoms with van der Waals surface area (Å²) in [6.07, 6.45) is -0.278. The van der Waals surface area contributed by atoms with E-state index >= 15 is 0 Å². The van der Waals surface area contributed by atoms with Crippen molar-refractivity contribution in [2.24, 2.45) is 0 Å². The van der Waals surface area contributed by atoms with Crippen molar-refractivity contribution in [2.45, 2.75) is 26.4 Å². The number of rotatable bonds is 4. The molecule has 2 aromatic rings. The van der Waals surface area contributed by atoms with Crippen molar-refractivity contribution >= 4 is 11.6 Å². The molecule has 3 heteroatoms.